The molecule has 0 N–H and O–H groups in total. The molecule has 11 rings (SSSR count). The molecule has 0 amide bonds. The minimum atomic E-state index is 0.625. The third-order valence-corrected chi connectivity index (χ3v) is 10.4. The lowest BCUT2D eigenvalue weighted by Crippen LogP contribution is -2.00. The van der Waals surface area contributed by atoms with E-state index in [-0.39, 0.29) is 0 Å². The zero-order valence-corrected chi connectivity index (χ0v) is 28.9. The molecule has 11 aromatic rings. The maximum atomic E-state index is 6.71. The van der Waals surface area contributed by atoms with Crippen molar-refractivity contribution in [2.45, 2.75) is 0 Å². The van der Waals surface area contributed by atoms with E-state index in [9.17, 15) is 0 Å². The molecule has 0 fully saturated rings. The summed E-state index contributed by atoms with van der Waals surface area (Å²) in [4.78, 5) is 14.8. The fraction of sp³-hybridized carbons (Fsp3) is 0. The molecule has 54 heavy (non-hydrogen) atoms. The number of hydrogen-bond donors (Lipinski definition) is 0. The lowest BCUT2D eigenvalue weighted by Gasteiger charge is -2.11. The predicted octanol–water partition coefficient (Wildman–Crippen LogP) is 13.2. The maximum Gasteiger partial charge on any atom is 0.164 e. The van der Waals surface area contributed by atoms with Crippen LogP contribution in [-0.4, -0.2) is 15.0 Å². The average Bonchev–Trinajstić information content (AvgIpc) is 3.83. The van der Waals surface area contributed by atoms with Gasteiger partial charge < -0.3 is 8.83 Å². The first-order chi connectivity index (χ1) is 26.8. The van der Waals surface area contributed by atoms with E-state index in [4.69, 9.17) is 23.8 Å². The third-order valence-electron chi connectivity index (χ3n) is 10.4. The van der Waals surface area contributed by atoms with Crippen molar-refractivity contribution in [3.05, 3.63) is 176 Å². The van der Waals surface area contributed by atoms with E-state index in [2.05, 4.69) is 103 Å². The van der Waals surface area contributed by atoms with Gasteiger partial charge in [-0.1, -0.05) is 158 Å². The molecule has 5 nitrogen and oxygen atoms in total. The van der Waals surface area contributed by atoms with Crippen molar-refractivity contribution in [3.63, 3.8) is 0 Å². The van der Waals surface area contributed by atoms with Crippen LogP contribution in [0.4, 0.5) is 0 Å². The van der Waals surface area contributed by atoms with Crippen LogP contribution in [0, 0.1) is 0 Å². The summed E-state index contributed by atoms with van der Waals surface area (Å²) in [6.07, 6.45) is 0. The molecule has 0 bridgehead atoms. The molecule has 0 unspecified atom stereocenters. The molecular weight excluding hydrogens is 663 g/mol. The topological polar surface area (TPSA) is 65.0 Å². The molecule has 0 saturated carbocycles. The van der Waals surface area contributed by atoms with Gasteiger partial charge in [-0.25, -0.2) is 15.0 Å². The smallest absolute Gasteiger partial charge is 0.164 e. The highest BCUT2D eigenvalue weighted by molar-refractivity contribution is 6.23. The summed E-state index contributed by atoms with van der Waals surface area (Å²) >= 11 is 0. The number of hydrogen-bond acceptors (Lipinski definition) is 5. The van der Waals surface area contributed by atoms with E-state index < -0.39 is 0 Å². The Morgan fingerprint density at radius 3 is 1.48 bits per heavy atom. The van der Waals surface area contributed by atoms with Crippen LogP contribution in [0.25, 0.3) is 111 Å². The van der Waals surface area contributed by atoms with Crippen molar-refractivity contribution in [1.82, 2.24) is 15.0 Å². The van der Waals surface area contributed by atoms with Gasteiger partial charge in [0, 0.05) is 49.2 Å². The Labute approximate surface area is 309 Å². The number of furan rings is 2. The second kappa shape index (κ2) is 12.1. The Morgan fingerprint density at radius 1 is 0.296 bits per heavy atom. The van der Waals surface area contributed by atoms with Gasteiger partial charge in [-0.3, -0.25) is 0 Å². The van der Waals surface area contributed by atoms with Gasteiger partial charge in [0.2, 0.25) is 0 Å². The zero-order valence-electron chi connectivity index (χ0n) is 28.9. The fourth-order valence-corrected chi connectivity index (χ4v) is 7.81. The van der Waals surface area contributed by atoms with E-state index >= 15 is 0 Å². The summed E-state index contributed by atoms with van der Waals surface area (Å²) < 4.78 is 13.2. The van der Waals surface area contributed by atoms with Gasteiger partial charge in [0.05, 0.1) is 0 Å². The highest BCUT2D eigenvalue weighted by Crippen LogP contribution is 2.45. The van der Waals surface area contributed by atoms with Gasteiger partial charge in [0.25, 0.3) is 0 Å². The summed E-state index contributed by atoms with van der Waals surface area (Å²) in [5.41, 5.74) is 10.6. The summed E-state index contributed by atoms with van der Waals surface area (Å²) in [6.45, 7) is 0. The number of para-hydroxylation sites is 2. The first-order valence-electron chi connectivity index (χ1n) is 18.0. The van der Waals surface area contributed by atoms with Gasteiger partial charge in [0.15, 0.2) is 17.5 Å². The molecule has 0 aliphatic heterocycles. The zero-order chi connectivity index (χ0) is 35.6. The van der Waals surface area contributed by atoms with E-state index in [0.717, 1.165) is 93.6 Å². The minimum Gasteiger partial charge on any atom is -0.455 e. The highest BCUT2D eigenvalue weighted by atomic mass is 16.3. The number of rotatable bonds is 5. The highest BCUT2D eigenvalue weighted by Gasteiger charge is 2.20. The van der Waals surface area contributed by atoms with Crippen LogP contribution in [0.3, 0.4) is 0 Å². The largest absolute Gasteiger partial charge is 0.455 e. The quantitative estimate of drug-likeness (QED) is 0.180. The van der Waals surface area contributed by atoms with Crippen LogP contribution in [0.5, 0.6) is 0 Å². The van der Waals surface area contributed by atoms with Crippen LogP contribution < -0.4 is 0 Å². The van der Waals surface area contributed by atoms with Gasteiger partial charge in [-0.05, 0) is 40.3 Å². The van der Waals surface area contributed by atoms with Crippen molar-refractivity contribution < 1.29 is 8.83 Å². The van der Waals surface area contributed by atoms with Crippen LogP contribution in [-0.2, 0) is 0 Å². The summed E-state index contributed by atoms with van der Waals surface area (Å²) in [5, 5.41) is 6.52. The van der Waals surface area contributed by atoms with Crippen LogP contribution in [0.1, 0.15) is 0 Å². The van der Waals surface area contributed by atoms with Crippen molar-refractivity contribution in [2.24, 2.45) is 0 Å². The Balaban J connectivity index is 1.08. The Bertz CT molecular complexity index is 3140. The molecular formula is C49H29N3O2. The predicted molar refractivity (Wildman–Crippen MR) is 219 cm³/mol. The molecule has 0 saturated heterocycles. The Morgan fingerprint density at radius 2 is 0.778 bits per heavy atom. The summed E-state index contributed by atoms with van der Waals surface area (Å²) in [7, 11) is 0. The normalized spacial score (nSPS) is 11.7. The number of benzene rings is 8. The molecule has 0 radical (unpaired) electrons. The molecule has 5 heteroatoms. The summed E-state index contributed by atoms with van der Waals surface area (Å²) in [6, 6.07) is 60.3. The van der Waals surface area contributed by atoms with Gasteiger partial charge >= 0.3 is 0 Å². The monoisotopic (exact) mass is 691 g/mol. The number of fused-ring (bicyclic) bond motifs is 8. The Hall–Kier alpha value is -7.37. The first-order valence-corrected chi connectivity index (χ1v) is 18.0. The van der Waals surface area contributed by atoms with E-state index in [1.807, 2.05) is 72.8 Å². The molecule has 252 valence electrons. The Kier molecular flexibility index (Phi) is 6.79. The standard InChI is InChI=1S/C49H29N3O2/c1-3-13-31(14-4-1)47-50-48(32-15-5-2-6-16-32)52-49(51-47)33-27-25-30(26-28-33)40-29-41-44-36(20-12-24-43(44)54-46(41)37-19-8-7-17-34(37)40)39-22-11-21-38-35-18-9-10-23-42(35)53-45(38)39/h1-29H. The molecule has 0 aliphatic carbocycles. The van der Waals surface area contributed by atoms with E-state index in [1.165, 1.54) is 0 Å². The second-order valence-electron chi connectivity index (χ2n) is 13.5. The lowest BCUT2D eigenvalue weighted by atomic mass is 9.92. The molecule has 8 aromatic carbocycles. The summed E-state index contributed by atoms with van der Waals surface area (Å²) in [5.74, 6) is 1.90. The average molecular weight is 692 g/mol. The SMILES string of the molecule is c1ccc(-c2nc(-c3ccccc3)nc(-c3ccc(-c4cc5c(oc6cccc(-c7cccc8c7oc7ccccc78)c65)c5ccccc45)cc3)n2)cc1. The van der Waals surface area contributed by atoms with Crippen molar-refractivity contribution in [2.75, 3.05) is 0 Å². The van der Waals surface area contributed by atoms with Gasteiger partial charge in [0.1, 0.15) is 22.3 Å². The van der Waals surface area contributed by atoms with Crippen molar-refractivity contribution in [3.8, 4) is 56.4 Å². The van der Waals surface area contributed by atoms with Crippen LogP contribution >= 0.6 is 0 Å². The van der Waals surface area contributed by atoms with Crippen molar-refractivity contribution >= 4 is 54.6 Å². The number of nitrogens with zero attached hydrogens (tertiary/aromatic N) is 3. The fourth-order valence-electron chi connectivity index (χ4n) is 7.81. The van der Waals surface area contributed by atoms with Gasteiger partial charge in [-0.15, -0.1) is 0 Å². The van der Waals surface area contributed by atoms with Crippen LogP contribution in [0.15, 0.2) is 185 Å². The van der Waals surface area contributed by atoms with E-state index in [0.29, 0.717) is 17.5 Å². The molecule has 3 aromatic heterocycles. The molecule has 0 spiro atoms. The second-order valence-corrected chi connectivity index (χ2v) is 13.5. The van der Waals surface area contributed by atoms with E-state index in [1.54, 1.807) is 0 Å². The minimum absolute atomic E-state index is 0.625. The maximum absolute atomic E-state index is 6.71. The van der Waals surface area contributed by atoms with Crippen molar-refractivity contribution in [1.29, 1.82) is 0 Å². The molecule has 0 aliphatic rings. The molecule has 3 heterocycles. The van der Waals surface area contributed by atoms with Gasteiger partial charge in [-0.2, -0.15) is 0 Å². The number of aromatic nitrogens is 3. The third kappa shape index (κ3) is 4.83. The molecule has 0 atom stereocenters. The lowest BCUT2D eigenvalue weighted by molar-refractivity contribution is 0.670. The first kappa shape index (κ1) is 30.3. The van der Waals surface area contributed by atoms with Crippen LogP contribution in [0.2, 0.25) is 0 Å².